The van der Waals surface area contributed by atoms with Gasteiger partial charge in [0.15, 0.2) is 0 Å². The molecule has 0 rings (SSSR count). The molecule has 0 aliphatic heterocycles. The average Bonchev–Trinajstić information content (AvgIpc) is 2.03. The first-order chi connectivity index (χ1) is 5.41. The SMILES string of the molecule is CC=CC=[CH][Cr][CH]=CC=CC. The Balaban J connectivity index is 3.40. The number of hydrogen-bond donors (Lipinski definition) is 0. The van der Waals surface area contributed by atoms with Crippen LogP contribution in [0.4, 0.5) is 0 Å². The molecule has 0 nitrogen and oxygen atoms in total. The summed E-state index contributed by atoms with van der Waals surface area (Å²) in [5.41, 5.74) is 0. The average molecular weight is 186 g/mol. The topological polar surface area (TPSA) is 0 Å². The van der Waals surface area contributed by atoms with Gasteiger partial charge < -0.3 is 0 Å². The Morgan fingerprint density at radius 1 is 0.727 bits per heavy atom. The summed E-state index contributed by atoms with van der Waals surface area (Å²) in [4.78, 5) is 4.38. The van der Waals surface area contributed by atoms with E-state index in [0.29, 0.717) is 15.2 Å². The predicted molar refractivity (Wildman–Crippen MR) is 47.9 cm³/mol. The van der Waals surface area contributed by atoms with Gasteiger partial charge in [0, 0.05) is 0 Å². The first-order valence-corrected chi connectivity index (χ1v) is 5.10. The van der Waals surface area contributed by atoms with Crippen LogP contribution >= 0.6 is 0 Å². The zero-order valence-electron chi connectivity index (χ0n) is 7.03. The second kappa shape index (κ2) is 9.49. The van der Waals surface area contributed by atoms with Crippen molar-refractivity contribution in [3.05, 3.63) is 46.3 Å². The van der Waals surface area contributed by atoms with E-state index >= 15 is 0 Å². The Morgan fingerprint density at radius 2 is 1.18 bits per heavy atom. The predicted octanol–water partition coefficient (Wildman–Crippen LogP) is 3.25. The van der Waals surface area contributed by atoms with Crippen LogP contribution in [0.2, 0.25) is 0 Å². The number of rotatable bonds is 4. The molecular weight excluding hydrogens is 172 g/mol. The molecule has 0 saturated carbocycles. The van der Waals surface area contributed by atoms with E-state index in [-0.39, 0.29) is 0 Å². The van der Waals surface area contributed by atoms with Crippen LogP contribution < -0.4 is 0 Å². The molecule has 0 amide bonds. The van der Waals surface area contributed by atoms with Gasteiger partial charge in [-0.15, -0.1) is 0 Å². The molecular formula is C10H14Cr. The van der Waals surface area contributed by atoms with E-state index < -0.39 is 0 Å². The first kappa shape index (κ1) is 10.5. The van der Waals surface area contributed by atoms with E-state index in [9.17, 15) is 0 Å². The van der Waals surface area contributed by atoms with Crippen LogP contribution in [-0.4, -0.2) is 0 Å². The van der Waals surface area contributed by atoms with Crippen LogP contribution in [-0.2, 0) is 15.2 Å². The van der Waals surface area contributed by atoms with Crippen LogP contribution in [0.3, 0.4) is 0 Å². The van der Waals surface area contributed by atoms with E-state index in [4.69, 9.17) is 0 Å². The first-order valence-electron chi connectivity index (χ1n) is 3.63. The van der Waals surface area contributed by atoms with Crippen molar-refractivity contribution in [3.63, 3.8) is 0 Å². The van der Waals surface area contributed by atoms with Gasteiger partial charge in [-0.25, -0.2) is 0 Å². The normalized spacial score (nSPS) is 13.3. The molecule has 0 N–H and O–H groups in total. The van der Waals surface area contributed by atoms with Crippen LogP contribution in [0.5, 0.6) is 0 Å². The summed E-state index contributed by atoms with van der Waals surface area (Å²) in [6, 6.07) is 0. The minimum atomic E-state index is 0.513. The Morgan fingerprint density at radius 3 is 1.55 bits per heavy atom. The van der Waals surface area contributed by atoms with Crippen molar-refractivity contribution >= 4 is 0 Å². The summed E-state index contributed by atoms with van der Waals surface area (Å²) < 4.78 is 0. The second-order valence-electron chi connectivity index (χ2n) is 1.84. The molecule has 0 heterocycles. The summed E-state index contributed by atoms with van der Waals surface area (Å²) in [6.07, 6.45) is 12.3. The Bertz CT molecular complexity index is 153. The summed E-state index contributed by atoms with van der Waals surface area (Å²) in [7, 11) is 0. The van der Waals surface area contributed by atoms with Crippen LogP contribution in [0.1, 0.15) is 13.8 Å². The Hall–Kier alpha value is -0.508. The minimum absolute atomic E-state index is 0.513. The van der Waals surface area contributed by atoms with Crippen molar-refractivity contribution in [2.24, 2.45) is 0 Å². The maximum absolute atomic E-state index is 2.19. The Kier molecular flexibility index (Phi) is 9.05. The van der Waals surface area contributed by atoms with Crippen molar-refractivity contribution < 1.29 is 15.2 Å². The van der Waals surface area contributed by atoms with Crippen molar-refractivity contribution in [3.8, 4) is 0 Å². The molecule has 0 bridgehead atoms. The third-order valence-electron chi connectivity index (χ3n) is 0.921. The fourth-order valence-corrected chi connectivity index (χ4v) is 1.16. The van der Waals surface area contributed by atoms with E-state index in [1.165, 1.54) is 0 Å². The molecule has 0 aliphatic carbocycles. The zero-order chi connectivity index (χ0) is 8.36. The van der Waals surface area contributed by atoms with Crippen molar-refractivity contribution in [2.45, 2.75) is 13.8 Å². The van der Waals surface area contributed by atoms with Gasteiger partial charge in [0.25, 0.3) is 0 Å². The molecule has 0 aromatic heterocycles. The molecule has 0 radical (unpaired) electrons. The summed E-state index contributed by atoms with van der Waals surface area (Å²) in [5.74, 6) is 0. The molecule has 0 atom stereocenters. The molecule has 0 unspecified atom stereocenters. The van der Waals surface area contributed by atoms with E-state index in [1.807, 2.05) is 38.2 Å². The summed E-state index contributed by atoms with van der Waals surface area (Å²) in [6.45, 7) is 4.04. The van der Waals surface area contributed by atoms with Gasteiger partial charge >= 0.3 is 75.4 Å². The monoisotopic (exact) mass is 186 g/mol. The number of allylic oxidation sites excluding steroid dienone is 6. The van der Waals surface area contributed by atoms with Crippen molar-refractivity contribution in [1.82, 2.24) is 0 Å². The molecule has 0 aromatic rings. The van der Waals surface area contributed by atoms with Gasteiger partial charge in [-0.3, -0.25) is 0 Å². The van der Waals surface area contributed by atoms with Gasteiger partial charge in [0.05, 0.1) is 0 Å². The van der Waals surface area contributed by atoms with Gasteiger partial charge in [-0.1, -0.05) is 0 Å². The molecule has 0 aliphatic rings. The quantitative estimate of drug-likeness (QED) is 0.591. The zero-order valence-corrected chi connectivity index (χ0v) is 8.30. The van der Waals surface area contributed by atoms with Gasteiger partial charge in [0.1, 0.15) is 0 Å². The molecule has 60 valence electrons. The summed E-state index contributed by atoms with van der Waals surface area (Å²) >= 11 is 0.513. The third-order valence-corrected chi connectivity index (χ3v) is 1.90. The van der Waals surface area contributed by atoms with Crippen LogP contribution in [0.15, 0.2) is 46.3 Å². The van der Waals surface area contributed by atoms with Gasteiger partial charge in [0.2, 0.25) is 0 Å². The van der Waals surface area contributed by atoms with Crippen molar-refractivity contribution in [2.75, 3.05) is 0 Å². The number of hydrogen-bond acceptors (Lipinski definition) is 0. The fourth-order valence-electron chi connectivity index (χ4n) is 0.449. The molecule has 0 fully saturated rings. The Labute approximate surface area is 75.7 Å². The van der Waals surface area contributed by atoms with E-state index in [1.54, 1.807) is 0 Å². The van der Waals surface area contributed by atoms with E-state index in [2.05, 4.69) is 22.0 Å². The molecule has 0 saturated heterocycles. The molecule has 0 aromatic carbocycles. The standard InChI is InChI=1S/2C5H7.Cr/c2*1-3-5-4-2;/h2*1,3-5H,2H3;. The molecule has 11 heavy (non-hydrogen) atoms. The molecule has 0 spiro atoms. The van der Waals surface area contributed by atoms with Crippen LogP contribution in [0.25, 0.3) is 0 Å². The second-order valence-corrected chi connectivity index (χ2v) is 3.12. The third kappa shape index (κ3) is 9.49. The molecule has 1 heteroatoms. The summed E-state index contributed by atoms with van der Waals surface area (Å²) in [5, 5.41) is 0. The fraction of sp³-hybridized carbons (Fsp3) is 0.200. The van der Waals surface area contributed by atoms with E-state index in [0.717, 1.165) is 0 Å². The van der Waals surface area contributed by atoms with Gasteiger partial charge in [-0.2, -0.15) is 0 Å². The van der Waals surface area contributed by atoms with Crippen molar-refractivity contribution in [1.29, 1.82) is 0 Å². The van der Waals surface area contributed by atoms with Crippen LogP contribution in [0, 0.1) is 0 Å². The van der Waals surface area contributed by atoms with Gasteiger partial charge in [-0.05, 0) is 0 Å². The maximum atomic E-state index is 2.19.